The van der Waals surface area contributed by atoms with Crippen LogP contribution in [-0.2, 0) is 15.6 Å². The van der Waals surface area contributed by atoms with E-state index in [-0.39, 0.29) is 5.75 Å². The van der Waals surface area contributed by atoms with Crippen LogP contribution < -0.4 is 4.74 Å². The minimum absolute atomic E-state index is 0.111. The molecule has 0 spiro atoms. The Morgan fingerprint density at radius 2 is 1.79 bits per heavy atom. The SMILES string of the molecule is COc1ccc(CS(=O)(=O)c2ccc(C)cc2)nc1. The first-order chi connectivity index (χ1) is 9.01. The predicted molar refractivity (Wildman–Crippen MR) is 72.9 cm³/mol. The smallest absolute Gasteiger partial charge is 0.184 e. The lowest BCUT2D eigenvalue weighted by Gasteiger charge is -2.05. The minimum Gasteiger partial charge on any atom is -0.495 e. The third-order valence-electron chi connectivity index (χ3n) is 2.75. The monoisotopic (exact) mass is 277 g/mol. The number of nitrogens with zero attached hydrogens (tertiary/aromatic N) is 1. The Morgan fingerprint density at radius 1 is 1.11 bits per heavy atom. The van der Waals surface area contributed by atoms with Crippen molar-refractivity contribution in [3.63, 3.8) is 0 Å². The van der Waals surface area contributed by atoms with Crippen LogP contribution in [0.2, 0.25) is 0 Å². The molecule has 1 aromatic carbocycles. The lowest BCUT2D eigenvalue weighted by Crippen LogP contribution is -2.06. The van der Waals surface area contributed by atoms with Crippen molar-refractivity contribution in [1.29, 1.82) is 0 Å². The van der Waals surface area contributed by atoms with Gasteiger partial charge >= 0.3 is 0 Å². The molecule has 0 amide bonds. The van der Waals surface area contributed by atoms with Gasteiger partial charge in [0.15, 0.2) is 9.84 Å². The van der Waals surface area contributed by atoms with Crippen molar-refractivity contribution < 1.29 is 13.2 Å². The quantitative estimate of drug-likeness (QED) is 0.861. The molecule has 0 unspecified atom stereocenters. The molecule has 1 heterocycles. The van der Waals surface area contributed by atoms with Crippen molar-refractivity contribution >= 4 is 9.84 Å². The Morgan fingerprint density at radius 3 is 2.32 bits per heavy atom. The maximum Gasteiger partial charge on any atom is 0.184 e. The van der Waals surface area contributed by atoms with Crippen molar-refractivity contribution in [2.24, 2.45) is 0 Å². The Bertz CT molecular complexity index is 646. The number of ether oxygens (including phenoxy) is 1. The molecule has 19 heavy (non-hydrogen) atoms. The molecular formula is C14H15NO3S. The second kappa shape index (κ2) is 5.40. The van der Waals surface area contributed by atoms with Crippen molar-refractivity contribution in [3.8, 4) is 5.75 Å². The molecule has 0 aliphatic carbocycles. The van der Waals surface area contributed by atoms with Crippen molar-refractivity contribution in [1.82, 2.24) is 4.98 Å². The van der Waals surface area contributed by atoms with Gasteiger partial charge in [0, 0.05) is 0 Å². The molecule has 2 aromatic rings. The highest BCUT2D eigenvalue weighted by molar-refractivity contribution is 7.90. The highest BCUT2D eigenvalue weighted by Gasteiger charge is 2.15. The first kappa shape index (κ1) is 13.5. The highest BCUT2D eigenvalue weighted by Crippen LogP contribution is 2.17. The van der Waals surface area contributed by atoms with Crippen LogP contribution in [0.4, 0.5) is 0 Å². The number of rotatable bonds is 4. The topological polar surface area (TPSA) is 56.3 Å². The third kappa shape index (κ3) is 3.32. The highest BCUT2D eigenvalue weighted by atomic mass is 32.2. The summed E-state index contributed by atoms with van der Waals surface area (Å²) in [5.74, 6) is 0.497. The van der Waals surface area contributed by atoms with E-state index in [4.69, 9.17) is 4.74 Å². The van der Waals surface area contributed by atoms with Gasteiger partial charge in [-0.25, -0.2) is 8.42 Å². The summed E-state index contributed by atoms with van der Waals surface area (Å²) < 4.78 is 29.4. The summed E-state index contributed by atoms with van der Waals surface area (Å²) in [5, 5.41) is 0. The first-order valence-corrected chi connectivity index (χ1v) is 7.45. The molecule has 5 heteroatoms. The van der Waals surface area contributed by atoms with Crippen molar-refractivity contribution in [2.45, 2.75) is 17.6 Å². The number of sulfone groups is 1. The maximum absolute atomic E-state index is 12.2. The van der Waals surface area contributed by atoms with Crippen LogP contribution in [0.5, 0.6) is 5.75 Å². The van der Waals surface area contributed by atoms with Gasteiger partial charge in [-0.05, 0) is 31.2 Å². The van der Waals surface area contributed by atoms with Gasteiger partial charge in [-0.2, -0.15) is 0 Å². The van der Waals surface area contributed by atoms with Gasteiger partial charge in [0.2, 0.25) is 0 Å². The van der Waals surface area contributed by atoms with E-state index >= 15 is 0 Å². The number of methoxy groups -OCH3 is 1. The van der Waals surface area contributed by atoms with Crippen LogP contribution in [0, 0.1) is 6.92 Å². The molecule has 0 N–H and O–H groups in total. The van der Waals surface area contributed by atoms with E-state index in [9.17, 15) is 8.42 Å². The summed E-state index contributed by atoms with van der Waals surface area (Å²) in [6.07, 6.45) is 1.51. The first-order valence-electron chi connectivity index (χ1n) is 5.79. The second-order valence-corrected chi connectivity index (χ2v) is 6.25. The van der Waals surface area contributed by atoms with Gasteiger partial charge < -0.3 is 4.74 Å². The molecule has 0 atom stereocenters. The average molecular weight is 277 g/mol. The molecule has 0 radical (unpaired) electrons. The summed E-state index contributed by atoms with van der Waals surface area (Å²) in [4.78, 5) is 4.39. The molecule has 4 nitrogen and oxygen atoms in total. The molecule has 100 valence electrons. The normalized spacial score (nSPS) is 11.3. The average Bonchev–Trinajstić information content (AvgIpc) is 2.40. The Balaban J connectivity index is 2.23. The van der Waals surface area contributed by atoms with E-state index < -0.39 is 9.84 Å². The van der Waals surface area contributed by atoms with Gasteiger partial charge in [-0.3, -0.25) is 4.98 Å². The number of hydrogen-bond acceptors (Lipinski definition) is 4. The molecule has 0 aliphatic heterocycles. The van der Waals surface area contributed by atoms with Gasteiger partial charge in [0.05, 0.1) is 29.6 Å². The number of benzene rings is 1. The lowest BCUT2D eigenvalue weighted by atomic mass is 10.2. The van der Waals surface area contributed by atoms with E-state index in [0.717, 1.165) is 5.56 Å². The summed E-state index contributed by atoms with van der Waals surface area (Å²) in [5.41, 5.74) is 1.53. The Kier molecular flexibility index (Phi) is 3.85. The second-order valence-electron chi connectivity index (χ2n) is 4.26. The maximum atomic E-state index is 12.2. The molecule has 0 aliphatic rings. The fourth-order valence-electron chi connectivity index (χ4n) is 1.64. The van der Waals surface area contributed by atoms with E-state index in [1.54, 1.807) is 43.5 Å². The zero-order chi connectivity index (χ0) is 13.9. The summed E-state index contributed by atoms with van der Waals surface area (Å²) in [6, 6.07) is 10.2. The van der Waals surface area contributed by atoms with Crippen molar-refractivity contribution in [3.05, 3.63) is 53.9 Å². The zero-order valence-electron chi connectivity index (χ0n) is 10.8. The minimum atomic E-state index is -3.35. The fraction of sp³-hybridized carbons (Fsp3) is 0.214. The third-order valence-corrected chi connectivity index (χ3v) is 4.42. The molecule has 0 fully saturated rings. The molecule has 1 aromatic heterocycles. The largest absolute Gasteiger partial charge is 0.495 e. The zero-order valence-corrected chi connectivity index (χ0v) is 11.6. The molecular weight excluding hydrogens is 262 g/mol. The van der Waals surface area contributed by atoms with Gasteiger partial charge in [-0.15, -0.1) is 0 Å². The fourth-order valence-corrected chi connectivity index (χ4v) is 2.92. The van der Waals surface area contributed by atoms with E-state index in [2.05, 4.69) is 4.98 Å². The molecule has 0 saturated heterocycles. The van der Waals surface area contributed by atoms with Crippen LogP contribution in [0.15, 0.2) is 47.5 Å². The molecule has 2 rings (SSSR count). The number of aromatic nitrogens is 1. The Hall–Kier alpha value is -1.88. The van der Waals surface area contributed by atoms with Gasteiger partial charge in [-0.1, -0.05) is 17.7 Å². The van der Waals surface area contributed by atoms with Gasteiger partial charge in [0.25, 0.3) is 0 Å². The van der Waals surface area contributed by atoms with Crippen LogP contribution in [-0.4, -0.2) is 20.5 Å². The summed E-state index contributed by atoms with van der Waals surface area (Å²) in [7, 11) is -1.81. The Labute approximate surface area is 113 Å². The molecule has 0 bridgehead atoms. The van der Waals surface area contributed by atoms with Crippen LogP contribution in [0.1, 0.15) is 11.3 Å². The van der Waals surface area contributed by atoms with E-state index in [0.29, 0.717) is 16.3 Å². The van der Waals surface area contributed by atoms with E-state index in [1.165, 1.54) is 6.20 Å². The van der Waals surface area contributed by atoms with Crippen LogP contribution in [0.25, 0.3) is 0 Å². The van der Waals surface area contributed by atoms with Gasteiger partial charge in [0.1, 0.15) is 5.75 Å². The lowest BCUT2D eigenvalue weighted by molar-refractivity contribution is 0.412. The number of aryl methyl sites for hydroxylation is 1. The van der Waals surface area contributed by atoms with Crippen molar-refractivity contribution in [2.75, 3.05) is 7.11 Å². The summed E-state index contributed by atoms with van der Waals surface area (Å²) in [6.45, 7) is 1.92. The van der Waals surface area contributed by atoms with Crippen LogP contribution >= 0.6 is 0 Å². The number of pyridine rings is 1. The standard InChI is InChI=1S/C14H15NO3S/c1-11-3-7-14(8-4-11)19(16,17)10-12-5-6-13(18-2)9-15-12/h3-9H,10H2,1-2H3. The van der Waals surface area contributed by atoms with E-state index in [1.807, 2.05) is 6.92 Å². The predicted octanol–water partition coefficient (Wildman–Crippen LogP) is 2.37. The van der Waals surface area contributed by atoms with Crippen LogP contribution in [0.3, 0.4) is 0 Å². The summed E-state index contributed by atoms with van der Waals surface area (Å²) >= 11 is 0. The number of hydrogen-bond donors (Lipinski definition) is 0. The molecule has 0 saturated carbocycles.